The summed E-state index contributed by atoms with van der Waals surface area (Å²) in [4.78, 5) is 15.3. The molecule has 0 aromatic carbocycles. The van der Waals surface area contributed by atoms with E-state index in [1.807, 2.05) is 0 Å². The van der Waals surface area contributed by atoms with Gasteiger partial charge in [0.25, 0.3) is 5.91 Å². The van der Waals surface area contributed by atoms with E-state index in [0.717, 1.165) is 5.49 Å². The molecule has 0 bridgehead atoms. The third kappa shape index (κ3) is 3.63. The van der Waals surface area contributed by atoms with Crippen LogP contribution in [0.4, 0.5) is 0 Å². The van der Waals surface area contributed by atoms with Gasteiger partial charge < -0.3 is 10.2 Å². The van der Waals surface area contributed by atoms with Gasteiger partial charge in [-0.15, -0.1) is 0 Å². The maximum Gasteiger partial charge on any atom is 0.288 e. The summed E-state index contributed by atoms with van der Waals surface area (Å²) in [7, 11) is 0. The molecule has 0 fully saturated rings. The van der Waals surface area contributed by atoms with Crippen LogP contribution in [0.15, 0.2) is 5.16 Å². The fraction of sp³-hybridized carbons (Fsp3) is 0.333. The molecule has 0 aliphatic heterocycles. The molecule has 0 saturated heterocycles. The summed E-state index contributed by atoms with van der Waals surface area (Å²) < 4.78 is 0. The maximum absolute atomic E-state index is 10.8. The van der Waals surface area contributed by atoms with Gasteiger partial charge in [0.05, 0.1) is 5.49 Å². The lowest BCUT2D eigenvalue weighted by Gasteiger charge is -1.95. The van der Waals surface area contributed by atoms with Crippen molar-refractivity contribution in [3.8, 4) is 6.07 Å². The molecule has 0 radical (unpaired) electrons. The minimum Gasteiger partial charge on any atom is -0.395 e. The number of oxime groups is 1. The largest absolute Gasteiger partial charge is 0.395 e. The van der Waals surface area contributed by atoms with Crippen molar-refractivity contribution in [3.05, 3.63) is 0 Å². The third-order valence-corrected chi connectivity index (χ3v) is 0.914. The van der Waals surface area contributed by atoms with Crippen molar-refractivity contribution < 1.29 is 9.63 Å². The second kappa shape index (κ2) is 6.24. The van der Waals surface area contributed by atoms with Crippen molar-refractivity contribution in [2.24, 2.45) is 5.16 Å². The first-order valence-electron chi connectivity index (χ1n) is 3.10. The van der Waals surface area contributed by atoms with Crippen LogP contribution in [0.1, 0.15) is 6.92 Å². The molecule has 5 nitrogen and oxygen atoms in total. The van der Waals surface area contributed by atoms with Gasteiger partial charge in [0.15, 0.2) is 0 Å². The van der Waals surface area contributed by atoms with Crippen LogP contribution < -0.4 is 5.32 Å². The Morgan fingerprint density at radius 3 is 3.00 bits per heavy atom. The molecular formula is C6H7N3O2S. The van der Waals surface area contributed by atoms with E-state index in [2.05, 4.69) is 27.5 Å². The molecule has 0 aromatic rings. The average molecular weight is 185 g/mol. The van der Waals surface area contributed by atoms with Crippen molar-refractivity contribution >= 4 is 29.3 Å². The average Bonchev–Trinajstić information content (AvgIpc) is 2.06. The minimum absolute atomic E-state index is 0.302. The lowest BCUT2D eigenvalue weighted by Crippen LogP contribution is -2.28. The highest BCUT2D eigenvalue weighted by Gasteiger charge is 2.08. The number of thiocarbonyl (C=S) groups is 1. The van der Waals surface area contributed by atoms with E-state index >= 15 is 0 Å². The van der Waals surface area contributed by atoms with Gasteiger partial charge in [0.1, 0.15) is 12.7 Å². The molecule has 0 aromatic heterocycles. The van der Waals surface area contributed by atoms with Gasteiger partial charge in [-0.2, -0.15) is 5.26 Å². The van der Waals surface area contributed by atoms with Crippen LogP contribution in [-0.2, 0) is 9.63 Å². The van der Waals surface area contributed by atoms with Crippen molar-refractivity contribution in [2.75, 3.05) is 6.61 Å². The van der Waals surface area contributed by atoms with E-state index in [1.54, 1.807) is 13.0 Å². The van der Waals surface area contributed by atoms with Crippen molar-refractivity contribution in [1.82, 2.24) is 5.32 Å². The Hall–Kier alpha value is -1.48. The predicted octanol–water partition coefficient (Wildman–Crippen LogP) is -0.0241. The lowest BCUT2D eigenvalue weighted by molar-refractivity contribution is -0.113. The molecular weight excluding hydrogens is 178 g/mol. The predicted molar refractivity (Wildman–Crippen MR) is 46.5 cm³/mol. The minimum atomic E-state index is -0.666. The normalized spacial score (nSPS) is 9.83. The molecule has 0 spiro atoms. The quantitative estimate of drug-likeness (QED) is 0.379. The number of carbonyl (C=O) groups is 1. The number of nitrogens with zero attached hydrogens (tertiary/aromatic N) is 2. The van der Waals surface area contributed by atoms with E-state index in [1.165, 1.54) is 0 Å². The summed E-state index contributed by atoms with van der Waals surface area (Å²) in [6.07, 6.45) is 0. The number of amides is 1. The molecule has 0 aliphatic rings. The van der Waals surface area contributed by atoms with E-state index in [4.69, 9.17) is 5.26 Å². The van der Waals surface area contributed by atoms with Crippen molar-refractivity contribution in [1.29, 1.82) is 5.26 Å². The second-order valence-corrected chi connectivity index (χ2v) is 1.80. The first-order chi connectivity index (χ1) is 5.76. The smallest absolute Gasteiger partial charge is 0.288 e. The number of rotatable bonds is 4. The molecule has 64 valence electrons. The SMILES string of the molecule is CCON=C(C#N)C(=O)NC=S. The highest BCUT2D eigenvalue weighted by molar-refractivity contribution is 7.78. The number of hydrogen-bond donors (Lipinski definition) is 1. The van der Waals surface area contributed by atoms with Gasteiger partial charge in [-0.1, -0.05) is 17.4 Å². The molecule has 1 N–H and O–H groups in total. The van der Waals surface area contributed by atoms with E-state index in [9.17, 15) is 4.79 Å². The Morgan fingerprint density at radius 2 is 2.58 bits per heavy atom. The van der Waals surface area contributed by atoms with E-state index in [-0.39, 0.29) is 5.71 Å². The zero-order chi connectivity index (χ0) is 9.40. The highest BCUT2D eigenvalue weighted by Crippen LogP contribution is 1.80. The topological polar surface area (TPSA) is 74.5 Å². The van der Waals surface area contributed by atoms with Crippen LogP contribution >= 0.6 is 12.2 Å². The second-order valence-electron chi connectivity index (χ2n) is 1.56. The monoisotopic (exact) mass is 185 g/mol. The molecule has 6 heteroatoms. The lowest BCUT2D eigenvalue weighted by atomic mass is 10.4. The third-order valence-electron chi connectivity index (χ3n) is 0.796. The Labute approximate surface area is 75.0 Å². The molecule has 0 aliphatic carbocycles. The summed E-state index contributed by atoms with van der Waals surface area (Å²) >= 11 is 4.35. The summed E-state index contributed by atoms with van der Waals surface area (Å²) in [6, 6.07) is 1.57. The molecule has 0 unspecified atom stereocenters. The number of nitriles is 1. The molecule has 0 atom stereocenters. The Bertz CT molecular complexity index is 244. The summed E-state index contributed by atoms with van der Waals surface area (Å²) in [5.41, 5.74) is 0.652. The van der Waals surface area contributed by atoms with Gasteiger partial charge in [0, 0.05) is 0 Å². The summed E-state index contributed by atoms with van der Waals surface area (Å²) in [5, 5.41) is 13.8. The van der Waals surface area contributed by atoms with Crippen LogP contribution in [-0.4, -0.2) is 23.7 Å². The first-order valence-corrected chi connectivity index (χ1v) is 3.58. The van der Waals surface area contributed by atoms with Crippen LogP contribution in [0.25, 0.3) is 0 Å². The van der Waals surface area contributed by atoms with Crippen LogP contribution in [0.2, 0.25) is 0 Å². The fourth-order valence-corrected chi connectivity index (χ4v) is 0.471. The number of nitrogens with one attached hydrogen (secondary N) is 1. The standard InChI is InChI=1S/C6H7N3O2S/c1-2-11-9-5(3-7)6(10)8-4-12/h4H,2H2,1H3,(H,8,10,12). The van der Waals surface area contributed by atoms with Gasteiger partial charge in [-0.25, -0.2) is 0 Å². The Balaban J connectivity index is 4.25. The molecule has 0 saturated carbocycles. The number of carbonyl (C=O) groups excluding carboxylic acids is 1. The Kier molecular flexibility index (Phi) is 5.47. The van der Waals surface area contributed by atoms with E-state index < -0.39 is 5.91 Å². The van der Waals surface area contributed by atoms with Crippen LogP contribution in [0, 0.1) is 11.3 Å². The summed E-state index contributed by atoms with van der Waals surface area (Å²) in [6.45, 7) is 1.99. The van der Waals surface area contributed by atoms with Gasteiger partial charge >= 0.3 is 0 Å². The number of hydrogen-bond acceptors (Lipinski definition) is 5. The molecule has 0 rings (SSSR count). The highest BCUT2D eigenvalue weighted by atomic mass is 32.1. The molecule has 12 heavy (non-hydrogen) atoms. The van der Waals surface area contributed by atoms with Gasteiger partial charge in [-0.05, 0) is 6.92 Å². The fourth-order valence-electron chi connectivity index (χ4n) is 0.364. The maximum atomic E-state index is 10.8. The van der Waals surface area contributed by atoms with Crippen LogP contribution in [0.5, 0.6) is 0 Å². The molecule has 1 amide bonds. The zero-order valence-corrected chi connectivity index (χ0v) is 7.22. The summed E-state index contributed by atoms with van der Waals surface area (Å²) in [5.74, 6) is -0.666. The van der Waals surface area contributed by atoms with Crippen molar-refractivity contribution in [3.63, 3.8) is 0 Å². The van der Waals surface area contributed by atoms with Gasteiger partial charge in [-0.3, -0.25) is 4.79 Å². The van der Waals surface area contributed by atoms with Gasteiger partial charge in [0.2, 0.25) is 5.71 Å². The first kappa shape index (κ1) is 10.5. The van der Waals surface area contributed by atoms with Crippen LogP contribution in [0.3, 0.4) is 0 Å². The Morgan fingerprint density at radius 1 is 1.92 bits per heavy atom. The van der Waals surface area contributed by atoms with Crippen molar-refractivity contribution in [2.45, 2.75) is 6.92 Å². The molecule has 0 heterocycles. The zero-order valence-electron chi connectivity index (χ0n) is 6.40. The van der Waals surface area contributed by atoms with E-state index in [0.29, 0.717) is 6.61 Å².